The minimum atomic E-state index is -3.46. The fraction of sp³-hybridized carbons (Fsp3) is 0.467. The summed E-state index contributed by atoms with van der Waals surface area (Å²) < 4.78 is 27.2. The van der Waals surface area contributed by atoms with Gasteiger partial charge in [-0.15, -0.1) is 0 Å². The highest BCUT2D eigenvalue weighted by Gasteiger charge is 2.41. The molecule has 4 nitrogen and oxygen atoms in total. The lowest BCUT2D eigenvalue weighted by Crippen LogP contribution is -2.30. The molecule has 0 unspecified atom stereocenters. The molecule has 0 bridgehead atoms. The molecule has 108 valence electrons. The minimum absolute atomic E-state index is 0.185. The number of nitrogens with two attached hydrogens (primary N) is 1. The molecular weight excluding hydrogens is 272 g/mol. The van der Waals surface area contributed by atoms with Crippen molar-refractivity contribution in [2.45, 2.75) is 31.1 Å². The maximum Gasteiger partial charge on any atom is 0.240 e. The molecule has 0 saturated heterocycles. The van der Waals surface area contributed by atoms with Crippen LogP contribution in [0.5, 0.6) is 0 Å². The summed E-state index contributed by atoms with van der Waals surface area (Å²) in [6.45, 7) is 2.88. The van der Waals surface area contributed by atoms with Gasteiger partial charge in [0.25, 0.3) is 0 Å². The van der Waals surface area contributed by atoms with Crippen LogP contribution in [-0.4, -0.2) is 21.5 Å². The minimum Gasteiger partial charge on any atom is -0.320 e. The molecule has 3 N–H and O–H groups in total. The van der Waals surface area contributed by atoms with E-state index in [1.807, 2.05) is 0 Å². The van der Waals surface area contributed by atoms with Crippen molar-refractivity contribution in [1.29, 1.82) is 0 Å². The molecule has 1 aliphatic rings. The first-order chi connectivity index (χ1) is 9.51. The Morgan fingerprint density at radius 1 is 1.40 bits per heavy atom. The van der Waals surface area contributed by atoms with E-state index in [-0.39, 0.29) is 16.9 Å². The van der Waals surface area contributed by atoms with Crippen molar-refractivity contribution < 1.29 is 8.42 Å². The van der Waals surface area contributed by atoms with Crippen molar-refractivity contribution in [3.63, 3.8) is 0 Å². The van der Waals surface area contributed by atoms with Crippen LogP contribution in [0.3, 0.4) is 0 Å². The smallest absolute Gasteiger partial charge is 0.240 e. The average Bonchev–Trinajstić information content (AvgIpc) is 3.24. The fourth-order valence-electron chi connectivity index (χ4n) is 2.06. The van der Waals surface area contributed by atoms with Crippen LogP contribution in [0, 0.1) is 17.3 Å². The van der Waals surface area contributed by atoms with Crippen molar-refractivity contribution in [1.82, 2.24) is 4.72 Å². The monoisotopic (exact) mass is 292 g/mol. The van der Waals surface area contributed by atoms with Crippen LogP contribution in [0.25, 0.3) is 0 Å². The van der Waals surface area contributed by atoms with Gasteiger partial charge < -0.3 is 5.73 Å². The number of sulfonamides is 1. The molecule has 0 radical (unpaired) electrons. The van der Waals surface area contributed by atoms with Crippen LogP contribution < -0.4 is 10.5 Å². The number of rotatable bonds is 5. The Hall–Kier alpha value is -1.35. The molecule has 0 aromatic heterocycles. The normalized spacial score (nSPS) is 16.3. The number of hydrogen-bond acceptors (Lipinski definition) is 3. The third kappa shape index (κ3) is 3.60. The summed E-state index contributed by atoms with van der Waals surface area (Å²) in [5, 5.41) is 0. The first kappa shape index (κ1) is 15.0. The summed E-state index contributed by atoms with van der Waals surface area (Å²) in [5.41, 5.74) is 6.16. The first-order valence-electron chi connectivity index (χ1n) is 6.80. The van der Waals surface area contributed by atoms with Gasteiger partial charge in [-0.3, -0.25) is 0 Å². The molecule has 0 atom stereocenters. The van der Waals surface area contributed by atoms with Crippen molar-refractivity contribution in [3.05, 3.63) is 29.8 Å². The van der Waals surface area contributed by atoms with Crippen LogP contribution in [0.1, 0.15) is 31.7 Å². The molecule has 1 aromatic carbocycles. The van der Waals surface area contributed by atoms with Crippen molar-refractivity contribution in [2.24, 2.45) is 11.1 Å². The van der Waals surface area contributed by atoms with Gasteiger partial charge in [-0.1, -0.05) is 24.8 Å². The van der Waals surface area contributed by atoms with E-state index in [0.29, 0.717) is 12.1 Å². The second-order valence-corrected chi connectivity index (χ2v) is 6.98. The van der Waals surface area contributed by atoms with Crippen LogP contribution in [0.2, 0.25) is 0 Å². The summed E-state index contributed by atoms with van der Waals surface area (Å²) in [6.07, 6.45) is 3.22. The lowest BCUT2D eigenvalue weighted by Gasteiger charge is -2.13. The third-order valence-corrected chi connectivity index (χ3v) is 5.22. The molecule has 1 saturated carbocycles. The summed E-state index contributed by atoms with van der Waals surface area (Å²) in [7, 11) is -3.46. The summed E-state index contributed by atoms with van der Waals surface area (Å²) in [5.74, 6) is 5.57. The SMILES string of the molecule is CCC1(CNS(=O)(=O)c2cccc(C#CCN)c2)CC1. The van der Waals surface area contributed by atoms with Crippen molar-refractivity contribution in [2.75, 3.05) is 13.1 Å². The van der Waals surface area contributed by atoms with E-state index < -0.39 is 10.0 Å². The van der Waals surface area contributed by atoms with Gasteiger partial charge in [0.15, 0.2) is 0 Å². The number of nitrogens with one attached hydrogen (secondary N) is 1. The van der Waals surface area contributed by atoms with Gasteiger partial charge in [0, 0.05) is 12.1 Å². The van der Waals surface area contributed by atoms with Gasteiger partial charge in [-0.2, -0.15) is 0 Å². The molecule has 2 rings (SSSR count). The fourth-order valence-corrected chi connectivity index (χ4v) is 3.26. The van der Waals surface area contributed by atoms with Crippen molar-refractivity contribution in [3.8, 4) is 11.8 Å². The predicted molar refractivity (Wildman–Crippen MR) is 79.5 cm³/mol. The Kier molecular flexibility index (Phi) is 4.48. The van der Waals surface area contributed by atoms with E-state index in [1.165, 1.54) is 0 Å². The van der Waals surface area contributed by atoms with E-state index in [4.69, 9.17) is 5.73 Å². The quantitative estimate of drug-likeness (QED) is 0.807. The van der Waals surface area contributed by atoms with E-state index in [1.54, 1.807) is 24.3 Å². The van der Waals surface area contributed by atoms with E-state index in [2.05, 4.69) is 23.5 Å². The molecule has 1 aromatic rings. The lowest BCUT2D eigenvalue weighted by atomic mass is 10.1. The third-order valence-electron chi connectivity index (χ3n) is 3.82. The zero-order valence-electron chi connectivity index (χ0n) is 11.6. The largest absolute Gasteiger partial charge is 0.320 e. The predicted octanol–water partition coefficient (Wildman–Crippen LogP) is 1.47. The Morgan fingerprint density at radius 3 is 2.75 bits per heavy atom. The molecule has 1 fully saturated rings. The first-order valence-corrected chi connectivity index (χ1v) is 8.28. The van der Waals surface area contributed by atoms with Crippen molar-refractivity contribution >= 4 is 10.0 Å². The molecule has 1 aliphatic carbocycles. The zero-order valence-corrected chi connectivity index (χ0v) is 12.5. The van der Waals surface area contributed by atoms with Crippen LogP contribution >= 0.6 is 0 Å². The van der Waals surface area contributed by atoms with Crippen LogP contribution in [0.15, 0.2) is 29.2 Å². The van der Waals surface area contributed by atoms with Gasteiger partial charge in [0.1, 0.15) is 0 Å². The molecule has 20 heavy (non-hydrogen) atoms. The molecular formula is C15H20N2O2S. The zero-order chi connectivity index (χ0) is 14.6. The van der Waals surface area contributed by atoms with E-state index in [0.717, 1.165) is 19.3 Å². The summed E-state index contributed by atoms with van der Waals surface area (Å²) >= 11 is 0. The van der Waals surface area contributed by atoms with Gasteiger partial charge in [0.05, 0.1) is 11.4 Å². The highest BCUT2D eigenvalue weighted by molar-refractivity contribution is 7.89. The standard InChI is InChI=1S/C15H20N2O2S/c1-2-15(8-9-15)12-17-20(18,19)14-7-3-5-13(11-14)6-4-10-16/h3,5,7,11,17H,2,8-10,12,16H2,1H3. The van der Waals surface area contributed by atoms with Crippen LogP contribution in [-0.2, 0) is 10.0 Å². The molecule has 0 aliphatic heterocycles. The number of hydrogen-bond donors (Lipinski definition) is 2. The molecule has 0 amide bonds. The van der Waals surface area contributed by atoms with Gasteiger partial charge in [0.2, 0.25) is 10.0 Å². The van der Waals surface area contributed by atoms with Gasteiger partial charge in [-0.05, 0) is 42.9 Å². The summed E-state index contributed by atoms with van der Waals surface area (Å²) in [4.78, 5) is 0.258. The maximum atomic E-state index is 12.3. The topological polar surface area (TPSA) is 72.2 Å². The molecule has 0 spiro atoms. The lowest BCUT2D eigenvalue weighted by molar-refractivity contribution is 0.475. The van der Waals surface area contributed by atoms with Gasteiger partial charge in [-0.25, -0.2) is 13.1 Å². The Bertz CT molecular complexity index is 637. The maximum absolute atomic E-state index is 12.3. The average molecular weight is 292 g/mol. The highest BCUT2D eigenvalue weighted by atomic mass is 32.2. The molecule has 5 heteroatoms. The van der Waals surface area contributed by atoms with E-state index >= 15 is 0 Å². The second kappa shape index (κ2) is 5.96. The van der Waals surface area contributed by atoms with E-state index in [9.17, 15) is 8.42 Å². The van der Waals surface area contributed by atoms with Crippen LogP contribution in [0.4, 0.5) is 0 Å². The Morgan fingerprint density at radius 2 is 2.15 bits per heavy atom. The summed E-state index contributed by atoms with van der Waals surface area (Å²) in [6, 6.07) is 6.63. The second-order valence-electron chi connectivity index (χ2n) is 5.21. The Labute approximate surface area is 120 Å². The Balaban J connectivity index is 2.12. The highest BCUT2D eigenvalue weighted by Crippen LogP contribution is 2.48. The number of benzene rings is 1. The van der Waals surface area contributed by atoms with Gasteiger partial charge >= 0.3 is 0 Å². The molecule has 0 heterocycles.